The van der Waals surface area contributed by atoms with Crippen LogP contribution in [0.1, 0.15) is 21.6 Å². The Morgan fingerprint density at radius 3 is 2.68 bits per heavy atom. The summed E-state index contributed by atoms with van der Waals surface area (Å²) >= 11 is 0. The third-order valence-corrected chi connectivity index (χ3v) is 2.84. The number of amides is 1. The summed E-state index contributed by atoms with van der Waals surface area (Å²) in [6, 6.07) is 3.69. The number of hydrogen-bond acceptors (Lipinski definition) is 4. The maximum Gasteiger partial charge on any atom is 0.259 e. The van der Waals surface area contributed by atoms with Gasteiger partial charge in [-0.2, -0.15) is 0 Å². The maximum absolute atomic E-state index is 12.2. The highest BCUT2D eigenvalue weighted by atomic mass is 16.1. The van der Waals surface area contributed by atoms with Crippen molar-refractivity contribution < 1.29 is 4.79 Å². The van der Waals surface area contributed by atoms with Crippen molar-refractivity contribution in [3.8, 4) is 0 Å². The minimum absolute atomic E-state index is 0.201. The molecule has 0 bridgehead atoms. The van der Waals surface area contributed by atoms with Gasteiger partial charge >= 0.3 is 0 Å². The van der Waals surface area contributed by atoms with Gasteiger partial charge in [0.2, 0.25) is 0 Å². The zero-order valence-electron chi connectivity index (χ0n) is 11.2. The SMILES string of the molecule is CNc1cc(C)ncc1C(=O)Nc1cnccc1C. The number of anilines is 2. The van der Waals surface area contributed by atoms with Gasteiger partial charge in [0.25, 0.3) is 5.91 Å². The Kier molecular flexibility index (Phi) is 3.75. The predicted molar refractivity (Wildman–Crippen MR) is 75.4 cm³/mol. The maximum atomic E-state index is 12.2. The van der Waals surface area contributed by atoms with E-state index < -0.39 is 0 Å². The first-order valence-corrected chi connectivity index (χ1v) is 5.98. The molecular weight excluding hydrogens is 240 g/mol. The summed E-state index contributed by atoms with van der Waals surface area (Å²) in [6.07, 6.45) is 4.90. The standard InChI is InChI=1S/C14H16N4O/c1-9-4-5-16-8-13(9)18-14(19)11-7-17-10(2)6-12(11)15-3/h4-8H,1-3H3,(H,15,17)(H,18,19). The van der Waals surface area contributed by atoms with Crippen molar-refractivity contribution in [1.29, 1.82) is 0 Å². The van der Waals surface area contributed by atoms with Crippen LogP contribution in [0.2, 0.25) is 0 Å². The molecule has 5 nitrogen and oxygen atoms in total. The topological polar surface area (TPSA) is 66.9 Å². The van der Waals surface area contributed by atoms with E-state index in [1.807, 2.05) is 26.0 Å². The van der Waals surface area contributed by atoms with Crippen LogP contribution in [-0.4, -0.2) is 22.9 Å². The summed E-state index contributed by atoms with van der Waals surface area (Å²) in [6.45, 7) is 3.80. The molecule has 1 amide bonds. The van der Waals surface area contributed by atoms with Crippen LogP contribution in [0.25, 0.3) is 0 Å². The quantitative estimate of drug-likeness (QED) is 0.884. The Labute approximate surface area is 112 Å². The zero-order valence-corrected chi connectivity index (χ0v) is 11.2. The van der Waals surface area contributed by atoms with Crippen LogP contribution in [0, 0.1) is 13.8 Å². The number of aryl methyl sites for hydroxylation is 2. The fourth-order valence-electron chi connectivity index (χ4n) is 1.73. The van der Waals surface area contributed by atoms with Crippen LogP contribution >= 0.6 is 0 Å². The van der Waals surface area contributed by atoms with E-state index in [1.54, 1.807) is 25.6 Å². The fourth-order valence-corrected chi connectivity index (χ4v) is 1.73. The van der Waals surface area contributed by atoms with Gasteiger partial charge in [-0.05, 0) is 31.5 Å². The van der Waals surface area contributed by atoms with Crippen molar-refractivity contribution in [3.05, 3.63) is 47.5 Å². The molecule has 2 heterocycles. The molecule has 0 fully saturated rings. The van der Waals surface area contributed by atoms with Crippen LogP contribution < -0.4 is 10.6 Å². The van der Waals surface area contributed by atoms with Crippen LogP contribution in [0.4, 0.5) is 11.4 Å². The summed E-state index contributed by atoms with van der Waals surface area (Å²) in [5.41, 5.74) is 3.80. The highest BCUT2D eigenvalue weighted by molar-refractivity contribution is 6.08. The Morgan fingerprint density at radius 2 is 2.00 bits per heavy atom. The zero-order chi connectivity index (χ0) is 13.8. The third-order valence-electron chi connectivity index (χ3n) is 2.84. The molecule has 98 valence electrons. The minimum Gasteiger partial charge on any atom is -0.387 e. The molecule has 0 aliphatic rings. The summed E-state index contributed by atoms with van der Waals surface area (Å²) in [4.78, 5) is 20.4. The average Bonchev–Trinajstić information content (AvgIpc) is 2.41. The first-order valence-electron chi connectivity index (χ1n) is 5.98. The van der Waals surface area contributed by atoms with E-state index >= 15 is 0 Å². The van der Waals surface area contributed by atoms with Gasteiger partial charge in [0.15, 0.2) is 0 Å². The van der Waals surface area contributed by atoms with E-state index in [9.17, 15) is 4.79 Å². The molecule has 2 rings (SSSR count). The average molecular weight is 256 g/mol. The van der Waals surface area contributed by atoms with Crippen molar-refractivity contribution >= 4 is 17.3 Å². The van der Waals surface area contributed by atoms with Crippen LogP contribution in [-0.2, 0) is 0 Å². The summed E-state index contributed by atoms with van der Waals surface area (Å²) in [5, 5.41) is 5.84. The lowest BCUT2D eigenvalue weighted by Gasteiger charge is -2.11. The summed E-state index contributed by atoms with van der Waals surface area (Å²) in [7, 11) is 1.78. The first kappa shape index (κ1) is 13.0. The lowest BCUT2D eigenvalue weighted by atomic mass is 10.2. The number of rotatable bonds is 3. The van der Waals surface area contributed by atoms with Crippen molar-refractivity contribution in [2.24, 2.45) is 0 Å². The predicted octanol–water partition coefficient (Wildman–Crippen LogP) is 2.39. The van der Waals surface area contributed by atoms with E-state index in [0.29, 0.717) is 11.3 Å². The van der Waals surface area contributed by atoms with Crippen LogP contribution in [0.15, 0.2) is 30.7 Å². The Bertz CT molecular complexity index is 610. The second-order valence-corrected chi connectivity index (χ2v) is 4.27. The van der Waals surface area contributed by atoms with Crippen molar-refractivity contribution in [2.45, 2.75) is 13.8 Å². The first-order chi connectivity index (χ1) is 9.11. The second-order valence-electron chi connectivity index (χ2n) is 4.27. The molecule has 2 aromatic heterocycles. The molecule has 0 spiro atoms. The van der Waals surface area contributed by atoms with Crippen molar-refractivity contribution in [3.63, 3.8) is 0 Å². The van der Waals surface area contributed by atoms with Gasteiger partial charge < -0.3 is 10.6 Å². The van der Waals surface area contributed by atoms with Gasteiger partial charge in [0, 0.05) is 25.1 Å². The number of pyridine rings is 2. The largest absolute Gasteiger partial charge is 0.387 e. The van der Waals surface area contributed by atoms with E-state index in [0.717, 1.165) is 16.9 Å². The van der Waals surface area contributed by atoms with Gasteiger partial charge in [-0.25, -0.2) is 0 Å². The van der Waals surface area contributed by atoms with Gasteiger partial charge in [-0.3, -0.25) is 14.8 Å². The van der Waals surface area contributed by atoms with Gasteiger partial charge in [0.05, 0.1) is 23.1 Å². The minimum atomic E-state index is -0.201. The molecule has 2 aromatic rings. The molecule has 0 unspecified atom stereocenters. The normalized spacial score (nSPS) is 10.1. The molecule has 0 saturated carbocycles. The second kappa shape index (κ2) is 5.48. The smallest absolute Gasteiger partial charge is 0.259 e. The number of hydrogen-bond donors (Lipinski definition) is 2. The molecular formula is C14H16N4O. The fraction of sp³-hybridized carbons (Fsp3) is 0.214. The molecule has 0 aliphatic heterocycles. The summed E-state index contributed by atoms with van der Waals surface area (Å²) in [5.74, 6) is -0.201. The molecule has 2 N–H and O–H groups in total. The number of carbonyl (C=O) groups excluding carboxylic acids is 1. The number of carbonyl (C=O) groups is 1. The van der Waals surface area contributed by atoms with Crippen molar-refractivity contribution in [1.82, 2.24) is 9.97 Å². The van der Waals surface area contributed by atoms with E-state index in [2.05, 4.69) is 20.6 Å². The number of nitrogens with one attached hydrogen (secondary N) is 2. The van der Waals surface area contributed by atoms with Crippen LogP contribution in [0.5, 0.6) is 0 Å². The molecule has 19 heavy (non-hydrogen) atoms. The Balaban J connectivity index is 2.28. The van der Waals surface area contributed by atoms with E-state index in [-0.39, 0.29) is 5.91 Å². The Hall–Kier alpha value is -2.43. The lowest BCUT2D eigenvalue weighted by Crippen LogP contribution is -2.15. The monoisotopic (exact) mass is 256 g/mol. The van der Waals surface area contributed by atoms with Crippen molar-refractivity contribution in [2.75, 3.05) is 17.7 Å². The summed E-state index contributed by atoms with van der Waals surface area (Å²) < 4.78 is 0. The van der Waals surface area contributed by atoms with Gasteiger partial charge in [-0.1, -0.05) is 0 Å². The van der Waals surface area contributed by atoms with Gasteiger partial charge in [0.1, 0.15) is 0 Å². The molecule has 0 atom stereocenters. The lowest BCUT2D eigenvalue weighted by molar-refractivity contribution is 0.102. The van der Waals surface area contributed by atoms with E-state index in [4.69, 9.17) is 0 Å². The highest BCUT2D eigenvalue weighted by Crippen LogP contribution is 2.18. The molecule has 0 saturated heterocycles. The Morgan fingerprint density at radius 1 is 1.21 bits per heavy atom. The number of aromatic nitrogens is 2. The van der Waals surface area contributed by atoms with Crippen LogP contribution in [0.3, 0.4) is 0 Å². The third kappa shape index (κ3) is 2.88. The van der Waals surface area contributed by atoms with E-state index in [1.165, 1.54) is 0 Å². The molecule has 0 aliphatic carbocycles. The number of nitrogens with zero attached hydrogens (tertiary/aromatic N) is 2. The highest BCUT2D eigenvalue weighted by Gasteiger charge is 2.12. The van der Waals surface area contributed by atoms with Gasteiger partial charge in [-0.15, -0.1) is 0 Å². The molecule has 0 radical (unpaired) electrons. The molecule has 0 aromatic carbocycles. The molecule has 5 heteroatoms.